The van der Waals surface area contributed by atoms with Crippen LogP contribution in [0.25, 0.3) is 10.9 Å². The monoisotopic (exact) mass is 537 g/mol. The van der Waals surface area contributed by atoms with E-state index in [1.165, 1.54) is 13.1 Å². The molecule has 2 aromatic carbocycles. The first-order chi connectivity index (χ1) is 18.1. The zero-order valence-electron chi connectivity index (χ0n) is 21.1. The van der Waals surface area contributed by atoms with E-state index in [-0.39, 0.29) is 23.2 Å². The second-order valence-electron chi connectivity index (χ2n) is 9.21. The van der Waals surface area contributed by atoms with Crippen molar-refractivity contribution in [2.75, 3.05) is 19.3 Å². The van der Waals surface area contributed by atoms with Gasteiger partial charge in [0, 0.05) is 41.8 Å². The van der Waals surface area contributed by atoms with Gasteiger partial charge in [-0.25, -0.2) is 22.9 Å². The van der Waals surface area contributed by atoms with Crippen LogP contribution in [0.5, 0.6) is 0 Å². The number of carboxylic acid groups (broad SMARTS) is 1. The van der Waals surface area contributed by atoms with Crippen molar-refractivity contribution >= 4 is 32.7 Å². The summed E-state index contributed by atoms with van der Waals surface area (Å²) in [5.41, 5.74) is 8.81. The molecular weight excluding hydrogens is 506 g/mol. The van der Waals surface area contributed by atoms with Crippen LogP contribution in [0.4, 0.5) is 5.82 Å². The number of nitrogen functional groups attached to an aromatic ring is 1. The van der Waals surface area contributed by atoms with Crippen molar-refractivity contribution < 1.29 is 23.4 Å². The number of nitrogens with two attached hydrogens (primary N) is 1. The van der Waals surface area contributed by atoms with Gasteiger partial charge in [-0.15, -0.1) is 0 Å². The third kappa shape index (κ3) is 6.20. The molecule has 0 saturated carbocycles. The van der Waals surface area contributed by atoms with Gasteiger partial charge in [0.05, 0.1) is 11.0 Å². The fraction of sp³-hybridized carbons (Fsp3) is 0.259. The lowest BCUT2D eigenvalue weighted by Gasteiger charge is -2.17. The Hall–Kier alpha value is -3.77. The smallest absolute Gasteiger partial charge is 0.352 e. The number of aromatic carboxylic acids is 1. The molecule has 4 aromatic rings. The lowest BCUT2D eigenvalue weighted by molar-refractivity contribution is 0.0686. The highest BCUT2D eigenvalue weighted by Gasteiger charge is 2.18. The van der Waals surface area contributed by atoms with Gasteiger partial charge in [-0.3, -0.25) is 0 Å². The number of aromatic nitrogens is 2. The maximum atomic E-state index is 12.2. The van der Waals surface area contributed by atoms with E-state index in [0.29, 0.717) is 29.9 Å². The predicted octanol–water partition coefficient (Wildman–Crippen LogP) is 2.53. The highest BCUT2D eigenvalue weighted by Crippen LogP contribution is 2.24. The van der Waals surface area contributed by atoms with E-state index < -0.39 is 22.1 Å². The van der Waals surface area contributed by atoms with Gasteiger partial charge in [0.1, 0.15) is 11.5 Å². The summed E-state index contributed by atoms with van der Waals surface area (Å²) in [7, 11) is -2.27. The number of fused-ring (bicyclic) bond motifs is 1. The maximum absolute atomic E-state index is 12.2. The summed E-state index contributed by atoms with van der Waals surface area (Å²) in [6, 6.07) is 17.3. The molecule has 0 fully saturated rings. The molecule has 0 spiro atoms. The predicted molar refractivity (Wildman–Crippen MR) is 145 cm³/mol. The zero-order chi connectivity index (χ0) is 27.4. The Labute approximate surface area is 221 Å². The van der Waals surface area contributed by atoms with E-state index in [1.54, 1.807) is 47.2 Å². The van der Waals surface area contributed by atoms with E-state index in [1.807, 2.05) is 25.1 Å². The number of nitrogens with zero attached hydrogens (tertiary/aromatic N) is 2. The van der Waals surface area contributed by atoms with Gasteiger partial charge in [0.2, 0.25) is 10.0 Å². The van der Waals surface area contributed by atoms with Crippen LogP contribution in [0.2, 0.25) is 0 Å². The molecule has 10 nitrogen and oxygen atoms in total. The number of rotatable bonds is 11. The first-order valence-electron chi connectivity index (χ1n) is 12.1. The lowest BCUT2D eigenvalue weighted by atomic mass is 10.0. The Morgan fingerprint density at radius 3 is 2.58 bits per heavy atom. The van der Waals surface area contributed by atoms with Crippen molar-refractivity contribution in [3.8, 4) is 0 Å². The summed E-state index contributed by atoms with van der Waals surface area (Å²) in [6.07, 6.45) is 1.50. The number of anilines is 1. The number of pyridine rings is 1. The van der Waals surface area contributed by atoms with Gasteiger partial charge < -0.3 is 25.8 Å². The summed E-state index contributed by atoms with van der Waals surface area (Å²) < 4.78 is 28.4. The van der Waals surface area contributed by atoms with Crippen molar-refractivity contribution in [3.63, 3.8) is 0 Å². The third-order valence-electron chi connectivity index (χ3n) is 6.40. The lowest BCUT2D eigenvalue weighted by Crippen LogP contribution is -2.32. The quantitative estimate of drug-likeness (QED) is 0.195. The van der Waals surface area contributed by atoms with E-state index in [9.17, 15) is 23.4 Å². The minimum Gasteiger partial charge on any atom is -0.477 e. The number of aliphatic hydroxyl groups excluding tert-OH is 1. The molecule has 11 heteroatoms. The Kier molecular flexibility index (Phi) is 8.12. The summed E-state index contributed by atoms with van der Waals surface area (Å²) in [5.74, 6) is -0.671. The van der Waals surface area contributed by atoms with Crippen molar-refractivity contribution in [2.24, 2.45) is 0 Å². The van der Waals surface area contributed by atoms with Gasteiger partial charge >= 0.3 is 5.97 Å². The number of sulfonamides is 1. The zero-order valence-corrected chi connectivity index (χ0v) is 21.9. The average molecular weight is 538 g/mol. The largest absolute Gasteiger partial charge is 0.477 e. The van der Waals surface area contributed by atoms with Gasteiger partial charge in [-0.1, -0.05) is 24.3 Å². The Bertz CT molecular complexity index is 1550. The summed E-state index contributed by atoms with van der Waals surface area (Å²) in [6.45, 7) is 2.56. The average Bonchev–Trinajstić information content (AvgIpc) is 3.25. The molecule has 0 aliphatic carbocycles. The van der Waals surface area contributed by atoms with Crippen LogP contribution in [-0.4, -0.2) is 53.8 Å². The Morgan fingerprint density at radius 2 is 1.89 bits per heavy atom. The number of nitrogens with one attached hydrogen (secondary N) is 2. The number of aliphatic hydroxyl groups is 1. The van der Waals surface area contributed by atoms with E-state index >= 15 is 0 Å². The van der Waals surface area contributed by atoms with Crippen LogP contribution >= 0.6 is 0 Å². The Morgan fingerprint density at radius 1 is 1.11 bits per heavy atom. The van der Waals surface area contributed by atoms with Crippen LogP contribution in [0.3, 0.4) is 0 Å². The molecule has 2 aromatic heterocycles. The van der Waals surface area contributed by atoms with E-state index in [2.05, 4.69) is 15.0 Å². The van der Waals surface area contributed by atoms with Crippen molar-refractivity contribution in [1.29, 1.82) is 0 Å². The minimum atomic E-state index is -3.62. The standard InChI is InChI=1S/C27H31N5O5S/c1-17(30-15-25(33)20-7-9-26(28)31-14-20)10-18-6-8-23-21(11-18)13-24(27(34)35)32(23)16-19-4-3-5-22(12-19)38(36,37)29-2/h3-9,11-14,17,25,29-30,33H,10,15-16H2,1-2H3,(H2,28,31)(H,34,35). The Balaban J connectivity index is 1.51. The molecule has 38 heavy (non-hydrogen) atoms. The first-order valence-corrected chi connectivity index (χ1v) is 13.6. The van der Waals surface area contributed by atoms with Crippen molar-refractivity contribution in [2.45, 2.75) is 36.9 Å². The second-order valence-corrected chi connectivity index (χ2v) is 11.1. The molecule has 0 amide bonds. The maximum Gasteiger partial charge on any atom is 0.352 e. The van der Waals surface area contributed by atoms with Crippen LogP contribution in [0.1, 0.15) is 40.2 Å². The number of benzene rings is 2. The fourth-order valence-electron chi connectivity index (χ4n) is 4.38. The molecule has 2 atom stereocenters. The highest BCUT2D eigenvalue weighted by molar-refractivity contribution is 7.89. The summed E-state index contributed by atoms with van der Waals surface area (Å²) in [4.78, 5) is 16.2. The molecule has 0 aliphatic rings. The summed E-state index contributed by atoms with van der Waals surface area (Å²) in [5, 5.41) is 24.3. The highest BCUT2D eigenvalue weighted by atomic mass is 32.2. The molecule has 2 heterocycles. The molecule has 2 unspecified atom stereocenters. The summed E-state index contributed by atoms with van der Waals surface area (Å²) >= 11 is 0. The van der Waals surface area contributed by atoms with Crippen LogP contribution in [0, 0.1) is 0 Å². The molecule has 4 rings (SSSR count). The molecule has 200 valence electrons. The van der Waals surface area contributed by atoms with Gasteiger partial charge in [-0.05, 0) is 67.9 Å². The van der Waals surface area contributed by atoms with E-state index in [4.69, 9.17) is 5.73 Å². The van der Waals surface area contributed by atoms with Crippen molar-refractivity contribution in [1.82, 2.24) is 19.6 Å². The minimum absolute atomic E-state index is 0.0433. The molecule has 0 bridgehead atoms. The van der Waals surface area contributed by atoms with Gasteiger partial charge in [-0.2, -0.15) is 0 Å². The number of carbonyl (C=O) groups is 1. The topological polar surface area (TPSA) is 160 Å². The fourth-order valence-corrected chi connectivity index (χ4v) is 5.18. The molecule has 0 aliphatic heterocycles. The normalized spacial score (nSPS) is 13.4. The SMILES string of the molecule is CNS(=O)(=O)c1cccc(Cn2c(C(=O)O)cc3cc(CC(C)NCC(O)c4ccc(N)nc4)ccc32)c1. The number of hydrogen-bond acceptors (Lipinski definition) is 7. The van der Waals surface area contributed by atoms with Crippen LogP contribution in [0.15, 0.2) is 71.8 Å². The first kappa shape index (κ1) is 27.3. The van der Waals surface area contributed by atoms with Crippen molar-refractivity contribution in [3.05, 3.63) is 89.2 Å². The van der Waals surface area contributed by atoms with Gasteiger partial charge in [0.25, 0.3) is 0 Å². The van der Waals surface area contributed by atoms with Gasteiger partial charge in [0.15, 0.2) is 0 Å². The third-order valence-corrected chi connectivity index (χ3v) is 7.81. The number of carboxylic acids is 1. The number of hydrogen-bond donors (Lipinski definition) is 5. The molecule has 0 saturated heterocycles. The molecule has 6 N–H and O–H groups in total. The second kappa shape index (κ2) is 11.3. The molecular formula is C27H31N5O5S. The van der Waals surface area contributed by atoms with E-state index in [0.717, 1.165) is 16.5 Å². The van der Waals surface area contributed by atoms with Crippen LogP contribution in [-0.2, 0) is 23.0 Å². The molecule has 0 radical (unpaired) electrons. The van der Waals surface area contributed by atoms with Crippen LogP contribution < -0.4 is 15.8 Å².